The van der Waals surface area contributed by atoms with Gasteiger partial charge in [0.15, 0.2) is 0 Å². The Hall–Kier alpha value is -4.19. The van der Waals surface area contributed by atoms with E-state index in [-0.39, 0.29) is 5.91 Å². The number of aromatic nitrogens is 4. The average molecular weight is 407 g/mol. The third kappa shape index (κ3) is 3.83. The van der Waals surface area contributed by atoms with Crippen LogP contribution >= 0.6 is 0 Å². The molecule has 6 nitrogen and oxygen atoms in total. The zero-order valence-corrected chi connectivity index (χ0v) is 17.0. The molecule has 0 aliphatic carbocycles. The molecular weight excluding hydrogens is 386 g/mol. The van der Waals surface area contributed by atoms with Gasteiger partial charge < -0.3 is 10.3 Å². The monoisotopic (exact) mass is 407 g/mol. The first-order valence-electron chi connectivity index (χ1n) is 10.1. The van der Waals surface area contributed by atoms with Crippen molar-refractivity contribution in [3.05, 3.63) is 102 Å². The quantitative estimate of drug-likeness (QED) is 0.445. The van der Waals surface area contributed by atoms with Gasteiger partial charge in [0, 0.05) is 11.8 Å². The fraction of sp³-hybridized carbons (Fsp3) is 0.0800. The minimum Gasteiger partial charge on any atom is -0.345 e. The maximum absolute atomic E-state index is 13.1. The Balaban J connectivity index is 1.45. The van der Waals surface area contributed by atoms with Gasteiger partial charge in [-0.15, -0.1) is 0 Å². The van der Waals surface area contributed by atoms with Crippen LogP contribution in [0.1, 0.15) is 21.7 Å². The lowest BCUT2D eigenvalue weighted by Gasteiger charge is -2.04. The third-order valence-corrected chi connectivity index (χ3v) is 5.16. The van der Waals surface area contributed by atoms with E-state index < -0.39 is 0 Å². The highest BCUT2D eigenvalue weighted by Crippen LogP contribution is 2.24. The van der Waals surface area contributed by atoms with Crippen molar-refractivity contribution in [2.75, 3.05) is 0 Å². The van der Waals surface area contributed by atoms with Crippen molar-refractivity contribution in [3.63, 3.8) is 0 Å². The number of imidazole rings is 1. The predicted octanol–water partition coefficient (Wildman–Crippen LogP) is 4.65. The first-order valence-corrected chi connectivity index (χ1v) is 10.1. The molecule has 3 aromatic carbocycles. The van der Waals surface area contributed by atoms with E-state index in [1.165, 1.54) is 5.56 Å². The molecule has 2 heterocycles. The predicted molar refractivity (Wildman–Crippen MR) is 121 cm³/mol. The van der Waals surface area contributed by atoms with Crippen molar-refractivity contribution in [3.8, 4) is 16.9 Å². The van der Waals surface area contributed by atoms with Crippen molar-refractivity contribution in [1.82, 2.24) is 25.1 Å². The highest BCUT2D eigenvalue weighted by atomic mass is 16.1. The van der Waals surface area contributed by atoms with Crippen LogP contribution in [0.5, 0.6) is 0 Å². The largest absolute Gasteiger partial charge is 0.345 e. The summed E-state index contributed by atoms with van der Waals surface area (Å²) in [5, 5.41) is 7.70. The van der Waals surface area contributed by atoms with Gasteiger partial charge in [0.1, 0.15) is 11.5 Å². The van der Waals surface area contributed by atoms with E-state index in [0.717, 1.165) is 22.3 Å². The Morgan fingerprint density at radius 3 is 2.48 bits per heavy atom. The minimum absolute atomic E-state index is 0.197. The molecule has 0 saturated heterocycles. The summed E-state index contributed by atoms with van der Waals surface area (Å²) in [5.41, 5.74) is 5.95. The van der Waals surface area contributed by atoms with Gasteiger partial charge in [-0.2, -0.15) is 5.10 Å². The fourth-order valence-corrected chi connectivity index (χ4v) is 3.53. The third-order valence-electron chi connectivity index (χ3n) is 5.16. The van der Waals surface area contributed by atoms with Crippen LogP contribution in [0.25, 0.3) is 28.0 Å². The second-order valence-corrected chi connectivity index (χ2v) is 7.42. The highest BCUT2D eigenvalue weighted by molar-refractivity contribution is 5.99. The van der Waals surface area contributed by atoms with Gasteiger partial charge in [-0.25, -0.2) is 9.67 Å². The van der Waals surface area contributed by atoms with Gasteiger partial charge in [-0.05, 0) is 31.2 Å². The molecule has 0 atom stereocenters. The first-order chi connectivity index (χ1) is 15.2. The lowest BCUT2D eigenvalue weighted by Crippen LogP contribution is -2.23. The number of carbonyl (C=O) groups excluding carboxylic acids is 1. The van der Waals surface area contributed by atoms with E-state index in [1.807, 2.05) is 85.8 Å². The molecule has 0 radical (unpaired) electrons. The summed E-state index contributed by atoms with van der Waals surface area (Å²) in [7, 11) is 0. The molecule has 6 heteroatoms. The summed E-state index contributed by atoms with van der Waals surface area (Å²) < 4.78 is 1.75. The van der Waals surface area contributed by atoms with Crippen molar-refractivity contribution in [2.24, 2.45) is 0 Å². The van der Waals surface area contributed by atoms with Gasteiger partial charge in [0.2, 0.25) is 0 Å². The maximum Gasteiger partial charge on any atom is 0.255 e. The number of rotatable bonds is 5. The van der Waals surface area contributed by atoms with E-state index in [2.05, 4.69) is 15.3 Å². The lowest BCUT2D eigenvalue weighted by molar-refractivity contribution is 0.0950. The number of carbonyl (C=O) groups is 1. The molecule has 0 unspecified atom stereocenters. The molecule has 2 aromatic heterocycles. The summed E-state index contributed by atoms with van der Waals surface area (Å²) in [4.78, 5) is 20.9. The van der Waals surface area contributed by atoms with E-state index in [4.69, 9.17) is 5.10 Å². The van der Waals surface area contributed by atoms with Crippen LogP contribution in [0.4, 0.5) is 0 Å². The van der Waals surface area contributed by atoms with Gasteiger partial charge in [0.05, 0.1) is 28.8 Å². The topological polar surface area (TPSA) is 75.6 Å². The molecule has 5 aromatic rings. The van der Waals surface area contributed by atoms with Crippen molar-refractivity contribution in [2.45, 2.75) is 13.5 Å². The molecule has 5 rings (SSSR count). The standard InChI is InChI=1S/C25H21N5O/c1-17-11-13-19(14-12-17)30-16-20(24(29-30)18-7-3-2-4-8-18)25(31)26-15-23-27-21-9-5-6-10-22(21)28-23/h2-14,16H,15H2,1H3,(H,26,31)(H,27,28). The molecule has 0 fully saturated rings. The number of nitrogens with one attached hydrogen (secondary N) is 2. The number of amides is 1. The van der Waals surface area contributed by atoms with E-state index in [9.17, 15) is 4.79 Å². The number of nitrogens with zero attached hydrogens (tertiary/aromatic N) is 3. The summed E-state index contributed by atoms with van der Waals surface area (Å²) in [6.45, 7) is 2.34. The Morgan fingerprint density at radius 1 is 0.968 bits per heavy atom. The summed E-state index contributed by atoms with van der Waals surface area (Å²) in [6, 6.07) is 25.6. The zero-order valence-electron chi connectivity index (χ0n) is 17.0. The van der Waals surface area contributed by atoms with Crippen LogP contribution in [-0.4, -0.2) is 25.7 Å². The number of fused-ring (bicyclic) bond motifs is 1. The number of hydrogen-bond donors (Lipinski definition) is 2. The van der Waals surface area contributed by atoms with Crippen LogP contribution in [0.15, 0.2) is 85.1 Å². The Bertz CT molecular complexity index is 1320. The van der Waals surface area contributed by atoms with Crippen LogP contribution in [0, 0.1) is 6.92 Å². The van der Waals surface area contributed by atoms with Crippen LogP contribution in [0.3, 0.4) is 0 Å². The zero-order chi connectivity index (χ0) is 21.2. The number of hydrogen-bond acceptors (Lipinski definition) is 3. The molecule has 0 aliphatic rings. The Labute approximate surface area is 179 Å². The second-order valence-electron chi connectivity index (χ2n) is 7.42. The minimum atomic E-state index is -0.197. The molecule has 152 valence electrons. The van der Waals surface area contributed by atoms with Crippen LogP contribution < -0.4 is 5.32 Å². The van der Waals surface area contributed by atoms with E-state index in [0.29, 0.717) is 23.6 Å². The molecular formula is C25H21N5O. The van der Waals surface area contributed by atoms with Gasteiger partial charge in [-0.1, -0.05) is 60.2 Å². The molecule has 0 spiro atoms. The number of para-hydroxylation sites is 2. The van der Waals surface area contributed by atoms with Crippen molar-refractivity contribution < 1.29 is 4.79 Å². The number of aromatic amines is 1. The Kier molecular flexibility index (Phi) is 4.80. The normalized spacial score (nSPS) is 11.0. The average Bonchev–Trinajstić information content (AvgIpc) is 3.43. The van der Waals surface area contributed by atoms with Crippen LogP contribution in [-0.2, 0) is 6.54 Å². The smallest absolute Gasteiger partial charge is 0.255 e. The summed E-state index contributed by atoms with van der Waals surface area (Å²) >= 11 is 0. The number of benzene rings is 3. The van der Waals surface area contributed by atoms with E-state index >= 15 is 0 Å². The SMILES string of the molecule is Cc1ccc(-n2cc(C(=O)NCc3nc4ccccc4[nH]3)c(-c3ccccc3)n2)cc1. The van der Waals surface area contributed by atoms with Gasteiger partial charge in [-0.3, -0.25) is 4.79 Å². The maximum atomic E-state index is 13.1. The fourth-order valence-electron chi connectivity index (χ4n) is 3.53. The number of aryl methyl sites for hydroxylation is 1. The van der Waals surface area contributed by atoms with Crippen molar-refractivity contribution >= 4 is 16.9 Å². The summed E-state index contributed by atoms with van der Waals surface area (Å²) in [6.07, 6.45) is 1.78. The molecule has 0 bridgehead atoms. The first kappa shape index (κ1) is 18.8. The highest BCUT2D eigenvalue weighted by Gasteiger charge is 2.19. The molecule has 31 heavy (non-hydrogen) atoms. The molecule has 0 aliphatic heterocycles. The number of H-pyrrole nitrogens is 1. The van der Waals surface area contributed by atoms with Gasteiger partial charge in [0.25, 0.3) is 5.91 Å². The van der Waals surface area contributed by atoms with Crippen molar-refractivity contribution in [1.29, 1.82) is 0 Å². The second kappa shape index (κ2) is 7.91. The van der Waals surface area contributed by atoms with Crippen LogP contribution in [0.2, 0.25) is 0 Å². The molecule has 2 N–H and O–H groups in total. The summed E-state index contributed by atoms with van der Waals surface area (Å²) in [5.74, 6) is 0.513. The Morgan fingerprint density at radius 2 is 1.71 bits per heavy atom. The molecule has 0 saturated carbocycles. The van der Waals surface area contributed by atoms with E-state index in [1.54, 1.807) is 10.9 Å². The lowest BCUT2D eigenvalue weighted by atomic mass is 10.1. The van der Waals surface area contributed by atoms with Gasteiger partial charge >= 0.3 is 0 Å². The molecule has 1 amide bonds.